The van der Waals surface area contributed by atoms with Crippen LogP contribution in [-0.4, -0.2) is 18.5 Å². The van der Waals surface area contributed by atoms with Crippen LogP contribution in [0.15, 0.2) is 58.7 Å². The highest BCUT2D eigenvalue weighted by molar-refractivity contribution is 8.13. The molecule has 0 aromatic heterocycles. The van der Waals surface area contributed by atoms with E-state index in [2.05, 4.69) is 10.2 Å². The predicted molar refractivity (Wildman–Crippen MR) is 95.0 cm³/mol. The standard InChI is InChI=1S/C16H16ClN3OS/c1-21-15-8-7-14(17)9-13(15)10-19-20-16(18)22-11-12-5-3-2-4-6-12/h2-10H,11H2,1H3,(H2,18,20). The summed E-state index contributed by atoms with van der Waals surface area (Å²) in [5.74, 6) is 1.44. The summed E-state index contributed by atoms with van der Waals surface area (Å²) in [7, 11) is 1.59. The van der Waals surface area contributed by atoms with Crippen molar-refractivity contribution in [2.75, 3.05) is 7.11 Å². The monoisotopic (exact) mass is 333 g/mol. The van der Waals surface area contributed by atoms with E-state index >= 15 is 0 Å². The molecule has 2 aromatic rings. The van der Waals surface area contributed by atoms with E-state index in [9.17, 15) is 0 Å². The van der Waals surface area contributed by atoms with Crippen LogP contribution in [0.1, 0.15) is 11.1 Å². The first-order valence-electron chi connectivity index (χ1n) is 6.56. The van der Waals surface area contributed by atoms with Gasteiger partial charge in [-0.05, 0) is 23.8 Å². The van der Waals surface area contributed by atoms with Crippen molar-refractivity contribution >= 4 is 34.7 Å². The average molecular weight is 334 g/mol. The largest absolute Gasteiger partial charge is 0.496 e. The van der Waals surface area contributed by atoms with Gasteiger partial charge in [-0.25, -0.2) is 0 Å². The van der Waals surface area contributed by atoms with E-state index in [0.29, 0.717) is 15.9 Å². The molecule has 0 bridgehead atoms. The fourth-order valence-electron chi connectivity index (χ4n) is 1.71. The zero-order chi connectivity index (χ0) is 15.8. The quantitative estimate of drug-likeness (QED) is 0.512. The van der Waals surface area contributed by atoms with Crippen LogP contribution in [0.3, 0.4) is 0 Å². The SMILES string of the molecule is COc1ccc(Cl)cc1C=NN=C(N)SCc1ccccc1. The summed E-state index contributed by atoms with van der Waals surface area (Å²) in [6, 6.07) is 15.3. The van der Waals surface area contributed by atoms with Crippen molar-refractivity contribution < 1.29 is 4.74 Å². The van der Waals surface area contributed by atoms with Crippen molar-refractivity contribution in [3.8, 4) is 5.75 Å². The van der Waals surface area contributed by atoms with Gasteiger partial charge in [-0.15, -0.1) is 5.10 Å². The summed E-state index contributed by atoms with van der Waals surface area (Å²) in [4.78, 5) is 0. The Morgan fingerprint density at radius 3 is 2.77 bits per heavy atom. The molecule has 2 N–H and O–H groups in total. The highest BCUT2D eigenvalue weighted by Gasteiger charge is 2.01. The highest BCUT2D eigenvalue weighted by atomic mass is 35.5. The summed E-state index contributed by atoms with van der Waals surface area (Å²) >= 11 is 7.39. The zero-order valence-corrected chi connectivity index (χ0v) is 13.6. The molecule has 4 nitrogen and oxygen atoms in total. The van der Waals surface area contributed by atoms with Crippen LogP contribution in [0.4, 0.5) is 0 Å². The number of amidine groups is 1. The molecule has 0 aliphatic rings. The van der Waals surface area contributed by atoms with Gasteiger partial charge in [0.25, 0.3) is 0 Å². The fraction of sp³-hybridized carbons (Fsp3) is 0.125. The summed E-state index contributed by atoms with van der Waals surface area (Å²) in [5, 5.41) is 8.96. The second-order valence-electron chi connectivity index (χ2n) is 4.34. The molecule has 0 aliphatic heterocycles. The number of ether oxygens (including phenoxy) is 1. The Kier molecular flexibility index (Phi) is 6.30. The predicted octanol–water partition coefficient (Wildman–Crippen LogP) is 3.93. The summed E-state index contributed by atoms with van der Waals surface area (Å²) in [6.45, 7) is 0. The molecule has 0 spiro atoms. The first kappa shape index (κ1) is 16.4. The molecule has 0 radical (unpaired) electrons. The van der Waals surface area contributed by atoms with Crippen LogP contribution in [0.2, 0.25) is 5.02 Å². The Morgan fingerprint density at radius 1 is 1.27 bits per heavy atom. The number of benzene rings is 2. The van der Waals surface area contributed by atoms with E-state index in [1.807, 2.05) is 30.3 Å². The molecular formula is C16H16ClN3OS. The van der Waals surface area contributed by atoms with Crippen molar-refractivity contribution in [3.05, 3.63) is 64.7 Å². The van der Waals surface area contributed by atoms with Gasteiger partial charge in [-0.2, -0.15) is 5.10 Å². The Labute approximate surface area is 139 Å². The third-order valence-electron chi connectivity index (χ3n) is 2.77. The maximum atomic E-state index is 5.95. The summed E-state index contributed by atoms with van der Waals surface area (Å²) in [6.07, 6.45) is 1.57. The summed E-state index contributed by atoms with van der Waals surface area (Å²) < 4.78 is 5.23. The minimum atomic E-state index is 0.404. The Hall–Kier alpha value is -1.98. The molecule has 0 fully saturated rings. The van der Waals surface area contributed by atoms with Crippen LogP contribution in [-0.2, 0) is 5.75 Å². The van der Waals surface area contributed by atoms with Crippen LogP contribution >= 0.6 is 23.4 Å². The van der Waals surface area contributed by atoms with E-state index in [1.54, 1.807) is 31.5 Å². The molecule has 0 unspecified atom stereocenters. The second-order valence-corrected chi connectivity index (χ2v) is 5.78. The van der Waals surface area contributed by atoms with Gasteiger partial charge in [0.05, 0.1) is 13.3 Å². The normalized spacial score (nSPS) is 11.8. The molecule has 22 heavy (non-hydrogen) atoms. The van der Waals surface area contributed by atoms with Crippen molar-refractivity contribution in [2.45, 2.75) is 5.75 Å². The number of methoxy groups -OCH3 is 1. The van der Waals surface area contributed by atoms with Gasteiger partial charge in [-0.1, -0.05) is 53.7 Å². The topological polar surface area (TPSA) is 60.0 Å². The smallest absolute Gasteiger partial charge is 0.180 e. The number of nitrogens with zero attached hydrogens (tertiary/aromatic N) is 2. The molecular weight excluding hydrogens is 318 g/mol. The van der Waals surface area contributed by atoms with E-state index in [4.69, 9.17) is 22.1 Å². The highest BCUT2D eigenvalue weighted by Crippen LogP contribution is 2.21. The van der Waals surface area contributed by atoms with Gasteiger partial charge in [0.2, 0.25) is 0 Å². The number of hydrogen-bond acceptors (Lipinski definition) is 4. The molecule has 0 saturated heterocycles. The molecule has 2 rings (SSSR count). The molecule has 2 aromatic carbocycles. The maximum absolute atomic E-state index is 5.95. The third-order valence-corrected chi connectivity index (χ3v) is 3.86. The van der Waals surface area contributed by atoms with Crippen molar-refractivity contribution in [3.63, 3.8) is 0 Å². The second kappa shape index (κ2) is 8.46. The van der Waals surface area contributed by atoms with Gasteiger partial charge in [0.15, 0.2) is 5.17 Å². The summed E-state index contributed by atoms with van der Waals surface area (Å²) in [5.41, 5.74) is 7.76. The van der Waals surface area contributed by atoms with E-state index in [-0.39, 0.29) is 0 Å². The molecule has 0 atom stereocenters. The van der Waals surface area contributed by atoms with Crippen LogP contribution in [0.25, 0.3) is 0 Å². The molecule has 0 saturated carbocycles. The number of rotatable bonds is 5. The Morgan fingerprint density at radius 2 is 2.05 bits per heavy atom. The van der Waals surface area contributed by atoms with Gasteiger partial charge >= 0.3 is 0 Å². The molecule has 0 amide bonds. The lowest BCUT2D eigenvalue weighted by atomic mass is 10.2. The van der Waals surface area contributed by atoms with Crippen LogP contribution in [0.5, 0.6) is 5.75 Å². The van der Waals surface area contributed by atoms with Gasteiger partial charge in [0.1, 0.15) is 5.75 Å². The van der Waals surface area contributed by atoms with Crippen molar-refractivity contribution in [1.29, 1.82) is 0 Å². The Bertz CT molecular complexity index is 674. The lowest BCUT2D eigenvalue weighted by Crippen LogP contribution is -2.06. The molecule has 114 valence electrons. The minimum Gasteiger partial charge on any atom is -0.496 e. The molecule has 0 heterocycles. The molecule has 6 heteroatoms. The number of halogens is 1. The van der Waals surface area contributed by atoms with Crippen molar-refractivity contribution in [2.24, 2.45) is 15.9 Å². The number of thioether (sulfide) groups is 1. The number of hydrogen-bond donors (Lipinski definition) is 1. The average Bonchev–Trinajstić information content (AvgIpc) is 2.54. The Balaban J connectivity index is 1.97. The first-order valence-corrected chi connectivity index (χ1v) is 7.92. The van der Waals surface area contributed by atoms with Gasteiger partial charge < -0.3 is 10.5 Å². The number of nitrogens with two attached hydrogens (primary N) is 1. The lowest BCUT2D eigenvalue weighted by Gasteiger charge is -2.03. The maximum Gasteiger partial charge on any atom is 0.180 e. The minimum absolute atomic E-state index is 0.404. The van der Waals surface area contributed by atoms with E-state index in [1.165, 1.54) is 17.3 Å². The van der Waals surface area contributed by atoms with Gasteiger partial charge in [0, 0.05) is 16.3 Å². The lowest BCUT2D eigenvalue weighted by molar-refractivity contribution is 0.414. The molecule has 0 aliphatic carbocycles. The van der Waals surface area contributed by atoms with Crippen molar-refractivity contribution in [1.82, 2.24) is 0 Å². The van der Waals surface area contributed by atoms with E-state index in [0.717, 1.165) is 11.3 Å². The van der Waals surface area contributed by atoms with E-state index < -0.39 is 0 Å². The third kappa shape index (κ3) is 5.09. The zero-order valence-electron chi connectivity index (χ0n) is 12.1. The van der Waals surface area contributed by atoms with Crippen LogP contribution < -0.4 is 10.5 Å². The fourth-order valence-corrected chi connectivity index (χ4v) is 2.51. The first-order chi connectivity index (χ1) is 10.7. The van der Waals surface area contributed by atoms with Gasteiger partial charge in [-0.3, -0.25) is 0 Å². The van der Waals surface area contributed by atoms with Crippen LogP contribution in [0, 0.1) is 0 Å².